The highest BCUT2D eigenvalue weighted by Crippen LogP contribution is 2.40. The van der Waals surface area contributed by atoms with Crippen molar-refractivity contribution in [3.63, 3.8) is 0 Å². The molecule has 15 nitrogen and oxygen atoms in total. The molecule has 2 unspecified atom stereocenters. The number of phosphoric acid groups is 1. The Kier molecular flexibility index (Phi) is 22.6. The molecule has 2 rings (SSSR count). The number of nitrogens with one attached hydrogen (secondary N) is 2. The van der Waals surface area contributed by atoms with E-state index in [4.69, 9.17) is 39.2 Å². The third-order valence-corrected chi connectivity index (χ3v) is 12.0. The summed E-state index contributed by atoms with van der Waals surface area (Å²) >= 11 is 0. The van der Waals surface area contributed by atoms with Gasteiger partial charge in [0, 0.05) is 29.4 Å². The summed E-state index contributed by atoms with van der Waals surface area (Å²) in [5.41, 5.74) is 4.90. The molecule has 1 radical (unpaired) electrons. The number of phosphoric ester groups is 1. The minimum Gasteiger partial charge on any atom is -0.490 e. The minimum atomic E-state index is -4.66. The van der Waals surface area contributed by atoms with Gasteiger partial charge in [-0.2, -0.15) is 5.82 Å². The number of aliphatic hydroxyl groups excluding tert-OH is 1. The van der Waals surface area contributed by atoms with Crippen molar-refractivity contribution < 1.29 is 57.3 Å². The van der Waals surface area contributed by atoms with Crippen molar-refractivity contribution in [1.29, 1.82) is 0 Å². The largest absolute Gasteiger partial charge is 0.490 e. The topological polar surface area (TPSA) is 217 Å². The Labute approximate surface area is 316 Å². The van der Waals surface area contributed by atoms with Crippen LogP contribution in [0.25, 0.3) is 0 Å². The first kappa shape index (κ1) is 46.0. The summed E-state index contributed by atoms with van der Waals surface area (Å²) in [7, 11) is 2.70. The van der Waals surface area contributed by atoms with Gasteiger partial charge in [-0.1, -0.05) is 75.9 Å². The van der Waals surface area contributed by atoms with Crippen LogP contribution in [-0.2, 0) is 32.8 Å². The molecule has 21 heteroatoms. The molecule has 0 aliphatic carbocycles. The van der Waals surface area contributed by atoms with Gasteiger partial charge in [0.2, 0.25) is 5.91 Å². The Morgan fingerprint density at radius 3 is 2.65 bits per heavy atom. The van der Waals surface area contributed by atoms with Gasteiger partial charge in [0.15, 0.2) is 0 Å². The summed E-state index contributed by atoms with van der Waals surface area (Å²) in [5, 5.41) is 15.1. The average molecular weight is 813 g/mol. The molecule has 0 spiro atoms. The highest BCUT2D eigenvalue weighted by molar-refractivity contribution is 8.77. The number of ether oxygens (including phenoxy) is 5. The molecule has 7 N–H and O–H groups in total. The minimum absolute atomic E-state index is 0.0184. The fourth-order valence-electron chi connectivity index (χ4n) is 3.99. The molecule has 5 atom stereocenters. The van der Waals surface area contributed by atoms with Crippen molar-refractivity contribution in [2.24, 2.45) is 5.73 Å². The quantitative estimate of drug-likeness (QED) is 0.0220. The summed E-state index contributed by atoms with van der Waals surface area (Å²) in [5.74, 6) is 5.60. The second-order valence-electron chi connectivity index (χ2n) is 11.6. The lowest BCUT2D eigenvalue weighted by Crippen LogP contribution is -2.32. The van der Waals surface area contributed by atoms with Crippen LogP contribution < -0.4 is 21.1 Å². The van der Waals surface area contributed by atoms with Crippen LogP contribution in [0.4, 0.5) is 0 Å². The van der Waals surface area contributed by atoms with E-state index in [-0.39, 0.29) is 68.2 Å². The molecule has 51 heavy (non-hydrogen) atoms. The number of benzene rings is 1. The van der Waals surface area contributed by atoms with Gasteiger partial charge in [-0.15, -0.1) is 0 Å². The van der Waals surface area contributed by atoms with E-state index in [1.54, 1.807) is 48.6 Å². The number of amides is 2. The molecule has 287 valence electrons. The van der Waals surface area contributed by atoms with Gasteiger partial charge in [-0.25, -0.2) is 4.57 Å². The number of hydrogen-bond acceptors (Lipinski definition) is 15. The van der Waals surface area contributed by atoms with Crippen molar-refractivity contribution in [2.75, 3.05) is 65.5 Å². The summed E-state index contributed by atoms with van der Waals surface area (Å²) < 4.78 is 44.7. The van der Waals surface area contributed by atoms with Crippen molar-refractivity contribution in [3.8, 4) is 17.5 Å². The molecule has 2 amide bonds. The Bertz CT molecular complexity index is 1300. The Hall–Kier alpha value is -1.15. The Morgan fingerprint density at radius 1 is 1.18 bits per heavy atom. The van der Waals surface area contributed by atoms with Gasteiger partial charge in [0.1, 0.15) is 35.9 Å². The molecule has 1 fully saturated rings. The van der Waals surface area contributed by atoms with Gasteiger partial charge in [0.05, 0.1) is 39.1 Å². The summed E-state index contributed by atoms with van der Waals surface area (Å²) in [6.07, 6.45) is 0.969. The zero-order valence-corrected chi connectivity index (χ0v) is 33.2. The number of aliphatic hydroxyl groups is 1. The van der Waals surface area contributed by atoms with Crippen molar-refractivity contribution in [2.45, 2.75) is 61.0 Å². The molecule has 0 saturated carbocycles. The van der Waals surface area contributed by atoms with E-state index in [0.29, 0.717) is 30.8 Å². The highest BCUT2D eigenvalue weighted by Gasteiger charge is 2.37. The number of carbonyl (C=O) groups is 2. The van der Waals surface area contributed by atoms with Crippen LogP contribution in [0.3, 0.4) is 0 Å². The molecule has 1 aliphatic rings. The van der Waals surface area contributed by atoms with Gasteiger partial charge in [0.25, 0.3) is 13.2 Å². The molecule has 1 aliphatic heterocycles. The number of nitrogens with two attached hydrogens (primary N) is 1. The Morgan fingerprint density at radius 2 is 1.96 bits per heavy atom. The molecular formula is C30H48BN3O12PS4. The van der Waals surface area contributed by atoms with Crippen LogP contribution in [0.15, 0.2) is 24.3 Å². The number of hydrogen-bond donors (Lipinski definition) is 6. The molecule has 1 aromatic carbocycles. The van der Waals surface area contributed by atoms with E-state index in [0.717, 1.165) is 0 Å². The zero-order chi connectivity index (χ0) is 37.7. The van der Waals surface area contributed by atoms with E-state index in [1.165, 1.54) is 32.4 Å². The first-order chi connectivity index (χ1) is 24.2. The Balaban J connectivity index is 1.71. The fourth-order valence-corrected chi connectivity index (χ4v) is 8.09. The van der Waals surface area contributed by atoms with Crippen LogP contribution in [0.5, 0.6) is 5.75 Å². The standard InChI is InChI=1S/C30H48BN3O12PS4/c1-30(2,3)51-50-27(19-43-22-8-5-7-21(15-22)29(37)34-12-10-32)42-14-13-41-18-26(36)33-11-6-9-31-25-16-23(24(17-35)45-25)46-28(49-48-4)20-44-47(38,39)40/h5,7-8,15,23-25,27-28,35H,10-14,16-20,32H2,1-4H3,(H,33,36)(H,34,37)(H2,38,39,40)/t23-,24?,25-,27?,28+/m1/s1. The average Bonchev–Trinajstić information content (AvgIpc) is 3.47. The summed E-state index contributed by atoms with van der Waals surface area (Å²) in [6.45, 7) is 6.89. The summed E-state index contributed by atoms with van der Waals surface area (Å²) in [4.78, 5) is 42.5. The third-order valence-electron chi connectivity index (χ3n) is 6.15. The van der Waals surface area contributed by atoms with E-state index >= 15 is 0 Å². The van der Waals surface area contributed by atoms with Crippen LogP contribution in [0, 0.1) is 11.7 Å². The van der Waals surface area contributed by atoms with Crippen LogP contribution in [0.2, 0.25) is 0 Å². The van der Waals surface area contributed by atoms with Crippen molar-refractivity contribution in [3.05, 3.63) is 29.8 Å². The van der Waals surface area contributed by atoms with Gasteiger partial charge in [-0.3, -0.25) is 14.1 Å². The third kappa shape index (κ3) is 21.4. The van der Waals surface area contributed by atoms with Gasteiger partial charge >= 0.3 is 7.82 Å². The maximum atomic E-state index is 12.3. The smallest absolute Gasteiger partial charge is 0.469 e. The molecule has 0 bridgehead atoms. The molecule has 0 aromatic heterocycles. The lowest BCUT2D eigenvalue weighted by molar-refractivity contribution is -0.126. The predicted octanol–water partition coefficient (Wildman–Crippen LogP) is 2.01. The van der Waals surface area contributed by atoms with Crippen molar-refractivity contribution >= 4 is 70.1 Å². The van der Waals surface area contributed by atoms with Crippen LogP contribution in [0.1, 0.15) is 37.6 Å². The van der Waals surface area contributed by atoms with E-state index < -0.39 is 31.5 Å². The van der Waals surface area contributed by atoms with Gasteiger partial charge < -0.3 is 54.9 Å². The van der Waals surface area contributed by atoms with Gasteiger partial charge in [-0.05, 0) is 30.9 Å². The lowest BCUT2D eigenvalue weighted by atomic mass is 9.71. The summed E-state index contributed by atoms with van der Waals surface area (Å²) in [6, 6.07) is 6.42. The SMILES string of the molecule is CSS[C@@H](COP(=O)(O)O)O[C@@H]1C[C@H]([B]C#CCNC(=O)COCCOC(COc2cccc(C(=O)NCCN)c2)SSC(C)(C)C)OC1CO. The van der Waals surface area contributed by atoms with E-state index in [9.17, 15) is 19.3 Å². The normalized spacial score (nSPS) is 18.7. The maximum Gasteiger partial charge on any atom is 0.469 e. The van der Waals surface area contributed by atoms with E-state index in [1.807, 2.05) is 0 Å². The second kappa shape index (κ2) is 25.0. The van der Waals surface area contributed by atoms with Crippen LogP contribution in [-0.4, -0.2) is 133 Å². The highest BCUT2D eigenvalue weighted by atomic mass is 33.1. The first-order valence-electron chi connectivity index (χ1n) is 15.9. The molecule has 1 heterocycles. The van der Waals surface area contributed by atoms with E-state index in [2.05, 4.69) is 47.7 Å². The molecular weight excluding hydrogens is 764 g/mol. The second-order valence-corrected chi connectivity index (χ2v) is 18.6. The van der Waals surface area contributed by atoms with Crippen LogP contribution >= 0.6 is 51.0 Å². The molecule has 1 saturated heterocycles. The fraction of sp³-hybridized carbons (Fsp3) is 0.667. The maximum absolute atomic E-state index is 12.3. The number of carbonyl (C=O) groups excluding carboxylic acids is 2. The van der Waals surface area contributed by atoms with Crippen molar-refractivity contribution in [1.82, 2.24) is 10.6 Å². The predicted molar refractivity (Wildman–Crippen MR) is 203 cm³/mol. The number of rotatable bonds is 24. The zero-order valence-electron chi connectivity index (χ0n) is 29.0. The molecule has 1 aromatic rings. The monoisotopic (exact) mass is 812 g/mol. The lowest BCUT2D eigenvalue weighted by Gasteiger charge is -2.23. The first-order valence-corrected chi connectivity index (χ1v) is 22.2.